The first-order chi connectivity index (χ1) is 9.38. The Balaban J connectivity index is 1.59. The fourth-order valence-electron chi connectivity index (χ4n) is 2.51. The van der Waals surface area contributed by atoms with Crippen LogP contribution in [0.4, 0.5) is 0 Å². The Morgan fingerprint density at radius 1 is 1.26 bits per heavy atom. The third-order valence-corrected chi connectivity index (χ3v) is 3.57. The molecule has 0 heterocycles. The Morgan fingerprint density at radius 2 is 2.11 bits per heavy atom. The van der Waals surface area contributed by atoms with Crippen molar-refractivity contribution in [2.45, 2.75) is 44.8 Å². The third-order valence-electron chi connectivity index (χ3n) is 3.57. The topological polar surface area (TPSA) is 45.0 Å². The van der Waals surface area contributed by atoms with Crippen LogP contribution in [0.15, 0.2) is 24.3 Å². The summed E-state index contributed by atoms with van der Waals surface area (Å²) in [7, 11) is 0. The molecule has 0 radical (unpaired) electrons. The van der Waals surface area contributed by atoms with Crippen LogP contribution in [0.5, 0.6) is 0 Å². The van der Waals surface area contributed by atoms with E-state index in [9.17, 15) is 0 Å². The van der Waals surface area contributed by atoms with E-state index in [0.29, 0.717) is 6.10 Å². The van der Waals surface area contributed by atoms with Gasteiger partial charge in [-0.15, -0.1) is 0 Å². The van der Waals surface area contributed by atoms with Crippen LogP contribution in [-0.2, 0) is 11.3 Å². The third kappa shape index (κ3) is 5.02. The highest BCUT2D eigenvalue weighted by Crippen LogP contribution is 2.19. The van der Waals surface area contributed by atoms with Gasteiger partial charge in [0, 0.05) is 13.1 Å². The van der Waals surface area contributed by atoms with E-state index in [1.54, 1.807) is 0 Å². The molecular weight excluding hydrogens is 236 g/mol. The van der Waals surface area contributed by atoms with E-state index >= 15 is 0 Å². The largest absolute Gasteiger partial charge is 0.377 e. The standard InChI is InChI=1S/C16H22N2O/c17-12-14-5-4-6-15(11-14)13-18-9-10-19-16-7-2-1-3-8-16/h4-6,11,16,18H,1-3,7-10,13H2. The van der Waals surface area contributed by atoms with E-state index in [2.05, 4.69) is 11.4 Å². The van der Waals surface area contributed by atoms with Crippen molar-refractivity contribution in [1.29, 1.82) is 5.26 Å². The summed E-state index contributed by atoms with van der Waals surface area (Å²) in [6.07, 6.45) is 6.94. The molecule has 1 aliphatic rings. The van der Waals surface area contributed by atoms with Crippen molar-refractivity contribution >= 4 is 0 Å². The lowest BCUT2D eigenvalue weighted by molar-refractivity contribution is 0.0302. The molecule has 3 nitrogen and oxygen atoms in total. The molecular formula is C16H22N2O. The number of nitrogens with one attached hydrogen (secondary N) is 1. The quantitative estimate of drug-likeness (QED) is 0.798. The summed E-state index contributed by atoms with van der Waals surface area (Å²) in [4.78, 5) is 0. The molecule has 1 aromatic rings. The van der Waals surface area contributed by atoms with Gasteiger partial charge in [-0.2, -0.15) is 5.26 Å². The van der Waals surface area contributed by atoms with E-state index in [-0.39, 0.29) is 0 Å². The summed E-state index contributed by atoms with van der Waals surface area (Å²) in [5.74, 6) is 0. The maximum atomic E-state index is 8.83. The van der Waals surface area contributed by atoms with Crippen molar-refractivity contribution in [3.63, 3.8) is 0 Å². The van der Waals surface area contributed by atoms with E-state index in [1.165, 1.54) is 32.1 Å². The lowest BCUT2D eigenvalue weighted by Crippen LogP contribution is -2.24. The minimum atomic E-state index is 0.484. The highest BCUT2D eigenvalue weighted by atomic mass is 16.5. The van der Waals surface area contributed by atoms with Gasteiger partial charge in [0.25, 0.3) is 0 Å². The molecule has 0 unspecified atom stereocenters. The number of hydrogen-bond acceptors (Lipinski definition) is 3. The maximum Gasteiger partial charge on any atom is 0.0991 e. The normalized spacial score (nSPS) is 16.2. The summed E-state index contributed by atoms with van der Waals surface area (Å²) in [6.45, 7) is 2.44. The molecule has 0 amide bonds. The molecule has 1 fully saturated rings. The molecule has 0 bridgehead atoms. The van der Waals surface area contributed by atoms with Crippen LogP contribution in [0, 0.1) is 11.3 Å². The number of hydrogen-bond donors (Lipinski definition) is 1. The van der Waals surface area contributed by atoms with E-state index in [1.807, 2.05) is 24.3 Å². The minimum absolute atomic E-state index is 0.484. The van der Waals surface area contributed by atoms with Crippen LogP contribution < -0.4 is 5.32 Å². The monoisotopic (exact) mass is 258 g/mol. The highest BCUT2D eigenvalue weighted by Gasteiger charge is 2.12. The number of ether oxygens (including phenoxy) is 1. The van der Waals surface area contributed by atoms with E-state index in [0.717, 1.165) is 30.8 Å². The first-order valence-corrected chi connectivity index (χ1v) is 7.20. The van der Waals surface area contributed by atoms with Gasteiger partial charge in [-0.1, -0.05) is 31.4 Å². The Hall–Kier alpha value is -1.37. The molecule has 1 aliphatic carbocycles. The van der Waals surface area contributed by atoms with Gasteiger partial charge < -0.3 is 10.1 Å². The Bertz CT molecular complexity index is 419. The summed E-state index contributed by atoms with van der Waals surface area (Å²) < 4.78 is 5.85. The molecule has 0 spiro atoms. The SMILES string of the molecule is N#Cc1cccc(CNCCOC2CCCCC2)c1. The average Bonchev–Trinajstić information content (AvgIpc) is 2.48. The Kier molecular flexibility index (Phi) is 5.87. The molecule has 1 N–H and O–H groups in total. The lowest BCUT2D eigenvalue weighted by Gasteiger charge is -2.22. The number of nitrogens with zero attached hydrogens (tertiary/aromatic N) is 1. The first kappa shape index (κ1) is 14.0. The average molecular weight is 258 g/mol. The molecule has 3 heteroatoms. The minimum Gasteiger partial charge on any atom is -0.377 e. The van der Waals surface area contributed by atoms with Gasteiger partial charge in [0.1, 0.15) is 0 Å². The van der Waals surface area contributed by atoms with E-state index in [4.69, 9.17) is 10.00 Å². The van der Waals surface area contributed by atoms with Gasteiger partial charge in [-0.05, 0) is 30.5 Å². The van der Waals surface area contributed by atoms with Gasteiger partial charge in [-0.3, -0.25) is 0 Å². The molecule has 1 saturated carbocycles. The van der Waals surface area contributed by atoms with Crippen molar-refractivity contribution in [2.75, 3.05) is 13.2 Å². The highest BCUT2D eigenvalue weighted by molar-refractivity contribution is 5.32. The van der Waals surface area contributed by atoms with Gasteiger partial charge in [0.15, 0.2) is 0 Å². The van der Waals surface area contributed by atoms with Gasteiger partial charge in [-0.25, -0.2) is 0 Å². The zero-order valence-corrected chi connectivity index (χ0v) is 11.4. The van der Waals surface area contributed by atoms with Crippen LogP contribution in [0.3, 0.4) is 0 Å². The van der Waals surface area contributed by atoms with Crippen LogP contribution in [0.1, 0.15) is 43.2 Å². The second-order valence-corrected chi connectivity index (χ2v) is 5.12. The predicted molar refractivity (Wildman–Crippen MR) is 75.7 cm³/mol. The smallest absolute Gasteiger partial charge is 0.0991 e. The molecule has 0 aromatic heterocycles. The second kappa shape index (κ2) is 7.93. The number of rotatable bonds is 6. The molecule has 0 atom stereocenters. The van der Waals surface area contributed by atoms with Crippen molar-refractivity contribution in [3.05, 3.63) is 35.4 Å². The van der Waals surface area contributed by atoms with Crippen LogP contribution in [0.2, 0.25) is 0 Å². The number of nitriles is 1. The molecule has 0 aliphatic heterocycles. The Labute approximate surface area is 115 Å². The van der Waals surface area contributed by atoms with Gasteiger partial charge in [0.2, 0.25) is 0 Å². The fourth-order valence-corrected chi connectivity index (χ4v) is 2.51. The summed E-state index contributed by atoms with van der Waals surface area (Å²) >= 11 is 0. The van der Waals surface area contributed by atoms with Crippen molar-refractivity contribution < 1.29 is 4.74 Å². The lowest BCUT2D eigenvalue weighted by atomic mass is 9.98. The fraction of sp³-hybridized carbons (Fsp3) is 0.562. The van der Waals surface area contributed by atoms with Crippen LogP contribution in [-0.4, -0.2) is 19.3 Å². The van der Waals surface area contributed by atoms with Crippen molar-refractivity contribution in [3.8, 4) is 6.07 Å². The second-order valence-electron chi connectivity index (χ2n) is 5.12. The molecule has 19 heavy (non-hydrogen) atoms. The summed E-state index contributed by atoms with van der Waals surface area (Å²) in [6, 6.07) is 9.88. The van der Waals surface area contributed by atoms with Crippen molar-refractivity contribution in [1.82, 2.24) is 5.32 Å². The zero-order valence-electron chi connectivity index (χ0n) is 11.4. The number of benzene rings is 1. The summed E-state index contributed by atoms with van der Waals surface area (Å²) in [5, 5.41) is 12.2. The van der Waals surface area contributed by atoms with Gasteiger partial charge in [0.05, 0.1) is 24.3 Å². The maximum absolute atomic E-state index is 8.83. The van der Waals surface area contributed by atoms with Gasteiger partial charge >= 0.3 is 0 Å². The Morgan fingerprint density at radius 3 is 2.89 bits per heavy atom. The first-order valence-electron chi connectivity index (χ1n) is 7.20. The zero-order chi connectivity index (χ0) is 13.3. The van der Waals surface area contributed by atoms with E-state index < -0.39 is 0 Å². The molecule has 2 rings (SSSR count). The predicted octanol–water partition coefficient (Wildman–Crippen LogP) is 3.00. The molecule has 102 valence electrons. The van der Waals surface area contributed by atoms with Crippen LogP contribution in [0.25, 0.3) is 0 Å². The molecule has 1 aromatic carbocycles. The van der Waals surface area contributed by atoms with Crippen molar-refractivity contribution in [2.24, 2.45) is 0 Å². The summed E-state index contributed by atoms with van der Waals surface area (Å²) in [5.41, 5.74) is 1.87. The van der Waals surface area contributed by atoms with Crippen LogP contribution >= 0.6 is 0 Å². The molecule has 0 saturated heterocycles.